The standard InChI is InChI=1S/C14H22N2O2/c1-3-4-7-16(2)9-12(15)11-5-6-13-14(8-11)18-10-17-13/h5-6,8,12H,3-4,7,9-10,15H2,1-2H3. The molecule has 18 heavy (non-hydrogen) atoms. The fourth-order valence-corrected chi connectivity index (χ4v) is 2.10. The molecule has 1 heterocycles. The molecule has 1 aromatic rings. The fourth-order valence-electron chi connectivity index (χ4n) is 2.10. The van der Waals surface area contributed by atoms with E-state index in [9.17, 15) is 0 Å². The first-order valence-corrected chi connectivity index (χ1v) is 6.54. The number of benzene rings is 1. The summed E-state index contributed by atoms with van der Waals surface area (Å²) in [6.45, 7) is 4.46. The number of fused-ring (bicyclic) bond motifs is 1. The Bertz CT molecular complexity index is 395. The monoisotopic (exact) mass is 250 g/mol. The van der Waals surface area contributed by atoms with Crippen LogP contribution in [0.3, 0.4) is 0 Å². The minimum absolute atomic E-state index is 0.0151. The Balaban J connectivity index is 1.94. The van der Waals surface area contributed by atoms with Crippen molar-refractivity contribution in [2.45, 2.75) is 25.8 Å². The predicted octanol–water partition coefficient (Wildman–Crippen LogP) is 2.15. The summed E-state index contributed by atoms with van der Waals surface area (Å²) in [7, 11) is 2.11. The van der Waals surface area contributed by atoms with Gasteiger partial charge in [0.05, 0.1) is 0 Å². The molecule has 0 spiro atoms. The highest BCUT2D eigenvalue weighted by molar-refractivity contribution is 5.45. The van der Waals surface area contributed by atoms with Gasteiger partial charge in [-0.05, 0) is 37.7 Å². The molecule has 0 amide bonds. The normalized spacial score (nSPS) is 15.1. The van der Waals surface area contributed by atoms with Crippen molar-refractivity contribution in [1.82, 2.24) is 4.90 Å². The lowest BCUT2D eigenvalue weighted by Gasteiger charge is -2.21. The molecule has 4 heteroatoms. The Hall–Kier alpha value is -1.26. The van der Waals surface area contributed by atoms with Gasteiger partial charge in [0.2, 0.25) is 6.79 Å². The number of ether oxygens (including phenoxy) is 2. The summed E-state index contributed by atoms with van der Waals surface area (Å²) in [6, 6.07) is 5.96. The van der Waals surface area contributed by atoms with Crippen LogP contribution in [0.2, 0.25) is 0 Å². The van der Waals surface area contributed by atoms with E-state index in [1.54, 1.807) is 0 Å². The van der Waals surface area contributed by atoms with Crippen molar-refractivity contribution < 1.29 is 9.47 Å². The third-order valence-corrected chi connectivity index (χ3v) is 3.23. The van der Waals surface area contributed by atoms with Gasteiger partial charge in [-0.15, -0.1) is 0 Å². The van der Waals surface area contributed by atoms with Crippen molar-refractivity contribution in [2.24, 2.45) is 5.73 Å². The largest absolute Gasteiger partial charge is 0.454 e. The smallest absolute Gasteiger partial charge is 0.231 e. The van der Waals surface area contributed by atoms with Gasteiger partial charge < -0.3 is 20.1 Å². The van der Waals surface area contributed by atoms with E-state index in [4.69, 9.17) is 15.2 Å². The minimum Gasteiger partial charge on any atom is -0.454 e. The molecule has 2 rings (SSSR count). The van der Waals surface area contributed by atoms with Crippen molar-refractivity contribution in [2.75, 3.05) is 26.9 Å². The average molecular weight is 250 g/mol. The molecule has 1 atom stereocenters. The van der Waals surface area contributed by atoms with Crippen molar-refractivity contribution in [3.63, 3.8) is 0 Å². The van der Waals surface area contributed by atoms with Crippen LogP contribution in [0.5, 0.6) is 11.5 Å². The maximum Gasteiger partial charge on any atom is 0.231 e. The molecule has 0 saturated heterocycles. The lowest BCUT2D eigenvalue weighted by Crippen LogP contribution is -2.29. The van der Waals surface area contributed by atoms with Gasteiger partial charge in [-0.1, -0.05) is 19.4 Å². The number of likely N-dealkylation sites (N-methyl/N-ethyl adjacent to an activating group) is 1. The zero-order valence-corrected chi connectivity index (χ0v) is 11.2. The summed E-state index contributed by atoms with van der Waals surface area (Å²) in [4.78, 5) is 2.28. The van der Waals surface area contributed by atoms with Crippen LogP contribution < -0.4 is 15.2 Å². The second-order valence-electron chi connectivity index (χ2n) is 4.83. The molecule has 1 aromatic carbocycles. The maximum absolute atomic E-state index is 6.22. The first-order valence-electron chi connectivity index (χ1n) is 6.54. The van der Waals surface area contributed by atoms with E-state index in [1.807, 2.05) is 18.2 Å². The molecule has 2 N–H and O–H groups in total. The molecule has 0 bridgehead atoms. The molecular weight excluding hydrogens is 228 g/mol. The molecular formula is C14H22N2O2. The summed E-state index contributed by atoms with van der Waals surface area (Å²) in [5, 5.41) is 0. The first kappa shape index (κ1) is 13.2. The van der Waals surface area contributed by atoms with E-state index in [2.05, 4.69) is 18.9 Å². The minimum atomic E-state index is 0.0151. The third-order valence-electron chi connectivity index (χ3n) is 3.23. The summed E-state index contributed by atoms with van der Waals surface area (Å²) in [6.07, 6.45) is 2.42. The van der Waals surface area contributed by atoms with Gasteiger partial charge in [0.25, 0.3) is 0 Å². The van der Waals surface area contributed by atoms with Gasteiger partial charge in [-0.3, -0.25) is 0 Å². The van der Waals surface area contributed by atoms with Crippen molar-refractivity contribution in [1.29, 1.82) is 0 Å². The molecule has 1 unspecified atom stereocenters. The Morgan fingerprint density at radius 2 is 2.11 bits per heavy atom. The van der Waals surface area contributed by atoms with Gasteiger partial charge in [-0.25, -0.2) is 0 Å². The van der Waals surface area contributed by atoms with Crippen molar-refractivity contribution in [3.05, 3.63) is 23.8 Å². The number of nitrogens with zero attached hydrogens (tertiary/aromatic N) is 1. The number of unbranched alkanes of at least 4 members (excludes halogenated alkanes) is 1. The molecule has 100 valence electrons. The second-order valence-corrected chi connectivity index (χ2v) is 4.83. The van der Waals surface area contributed by atoms with E-state index < -0.39 is 0 Å². The van der Waals surface area contributed by atoms with Crippen LogP contribution >= 0.6 is 0 Å². The Morgan fingerprint density at radius 1 is 1.33 bits per heavy atom. The summed E-state index contributed by atoms with van der Waals surface area (Å²) >= 11 is 0. The van der Waals surface area contributed by atoms with Crippen molar-refractivity contribution >= 4 is 0 Å². The second kappa shape index (κ2) is 6.07. The molecule has 0 aliphatic carbocycles. The Kier molecular flexibility index (Phi) is 4.44. The molecule has 0 saturated carbocycles. The molecule has 0 aromatic heterocycles. The lowest BCUT2D eigenvalue weighted by molar-refractivity contribution is 0.174. The molecule has 1 aliphatic rings. The fraction of sp³-hybridized carbons (Fsp3) is 0.571. The predicted molar refractivity (Wildman–Crippen MR) is 71.9 cm³/mol. The van der Waals surface area contributed by atoms with Crippen LogP contribution in [0, 0.1) is 0 Å². The number of nitrogens with two attached hydrogens (primary N) is 1. The Labute approximate surface area is 109 Å². The van der Waals surface area contributed by atoms with Gasteiger partial charge >= 0.3 is 0 Å². The van der Waals surface area contributed by atoms with Crippen LogP contribution in [0.15, 0.2) is 18.2 Å². The summed E-state index contributed by atoms with van der Waals surface area (Å²) in [5.41, 5.74) is 7.32. The van der Waals surface area contributed by atoms with Crippen LogP contribution in [-0.2, 0) is 0 Å². The number of hydrogen-bond acceptors (Lipinski definition) is 4. The highest BCUT2D eigenvalue weighted by Crippen LogP contribution is 2.33. The Morgan fingerprint density at radius 3 is 2.89 bits per heavy atom. The van der Waals surface area contributed by atoms with E-state index in [1.165, 1.54) is 12.8 Å². The molecule has 0 radical (unpaired) electrons. The van der Waals surface area contributed by atoms with Gasteiger partial charge in [-0.2, -0.15) is 0 Å². The van der Waals surface area contributed by atoms with E-state index in [-0.39, 0.29) is 6.04 Å². The van der Waals surface area contributed by atoms with Gasteiger partial charge in [0.1, 0.15) is 0 Å². The maximum atomic E-state index is 6.22. The van der Waals surface area contributed by atoms with Crippen LogP contribution in [0.25, 0.3) is 0 Å². The highest BCUT2D eigenvalue weighted by Gasteiger charge is 2.16. The van der Waals surface area contributed by atoms with Crippen LogP contribution in [0.1, 0.15) is 31.4 Å². The molecule has 4 nitrogen and oxygen atoms in total. The lowest BCUT2D eigenvalue weighted by atomic mass is 10.1. The number of hydrogen-bond donors (Lipinski definition) is 1. The van der Waals surface area contributed by atoms with E-state index >= 15 is 0 Å². The van der Waals surface area contributed by atoms with E-state index in [0.29, 0.717) is 6.79 Å². The van der Waals surface area contributed by atoms with Crippen molar-refractivity contribution in [3.8, 4) is 11.5 Å². The van der Waals surface area contributed by atoms with Crippen LogP contribution in [-0.4, -0.2) is 31.8 Å². The quantitative estimate of drug-likeness (QED) is 0.840. The first-order chi connectivity index (χ1) is 8.70. The zero-order valence-electron chi connectivity index (χ0n) is 11.2. The molecule has 0 fully saturated rings. The number of rotatable bonds is 6. The summed E-state index contributed by atoms with van der Waals surface area (Å²) in [5.74, 6) is 1.62. The molecule has 1 aliphatic heterocycles. The zero-order chi connectivity index (χ0) is 13.0. The summed E-state index contributed by atoms with van der Waals surface area (Å²) < 4.78 is 10.7. The van der Waals surface area contributed by atoms with E-state index in [0.717, 1.165) is 30.2 Å². The van der Waals surface area contributed by atoms with Gasteiger partial charge in [0, 0.05) is 12.6 Å². The van der Waals surface area contributed by atoms with Gasteiger partial charge in [0.15, 0.2) is 11.5 Å². The highest BCUT2D eigenvalue weighted by atomic mass is 16.7. The topological polar surface area (TPSA) is 47.7 Å². The third kappa shape index (κ3) is 3.15. The SMILES string of the molecule is CCCCN(C)CC(N)c1ccc2c(c1)OCO2. The van der Waals surface area contributed by atoms with Crippen LogP contribution in [0.4, 0.5) is 0 Å². The average Bonchev–Trinajstić information content (AvgIpc) is 2.83.